The summed E-state index contributed by atoms with van der Waals surface area (Å²) in [6.45, 7) is 7.00. The fraction of sp³-hybridized carbons (Fsp3) is 0.500. The van der Waals surface area contributed by atoms with E-state index in [1.807, 2.05) is 17.5 Å². The summed E-state index contributed by atoms with van der Waals surface area (Å²) in [6, 6.07) is 4.61. The lowest BCUT2D eigenvalue weighted by molar-refractivity contribution is 0.371. The maximum absolute atomic E-state index is 5.45. The van der Waals surface area contributed by atoms with E-state index < -0.39 is 0 Å². The van der Waals surface area contributed by atoms with Crippen molar-refractivity contribution in [1.82, 2.24) is 24.6 Å². The zero-order valence-electron chi connectivity index (χ0n) is 16.5. The number of fused-ring (bicyclic) bond motifs is 2. The lowest BCUT2D eigenvalue weighted by Crippen LogP contribution is -2.49. The van der Waals surface area contributed by atoms with Crippen LogP contribution in [0.25, 0.3) is 5.65 Å². The van der Waals surface area contributed by atoms with Gasteiger partial charge in [-0.05, 0) is 32.6 Å². The minimum absolute atomic E-state index is 0.412. The second-order valence-corrected chi connectivity index (χ2v) is 7.74. The summed E-state index contributed by atoms with van der Waals surface area (Å²) in [5, 5.41) is 4.70. The number of hydrogen-bond donors (Lipinski definition) is 0. The summed E-state index contributed by atoms with van der Waals surface area (Å²) >= 11 is 0. The van der Waals surface area contributed by atoms with Crippen molar-refractivity contribution < 1.29 is 4.74 Å². The van der Waals surface area contributed by atoms with E-state index in [0.29, 0.717) is 17.8 Å². The molecule has 3 aromatic rings. The van der Waals surface area contributed by atoms with Crippen molar-refractivity contribution in [3.05, 3.63) is 35.9 Å². The van der Waals surface area contributed by atoms with Gasteiger partial charge in [0.25, 0.3) is 5.88 Å². The summed E-state index contributed by atoms with van der Waals surface area (Å²) in [5.74, 6) is 3.24. The molecule has 3 aromatic heterocycles. The van der Waals surface area contributed by atoms with Gasteiger partial charge in [-0.1, -0.05) is 0 Å². The fourth-order valence-electron chi connectivity index (χ4n) is 4.70. The Morgan fingerprint density at radius 3 is 2.71 bits per heavy atom. The van der Waals surface area contributed by atoms with E-state index in [4.69, 9.17) is 9.84 Å². The first-order valence-corrected chi connectivity index (χ1v) is 9.84. The Morgan fingerprint density at radius 2 is 1.86 bits per heavy atom. The Bertz CT molecular complexity index is 1020. The highest BCUT2D eigenvalue weighted by Gasteiger charge is 2.40. The van der Waals surface area contributed by atoms with Crippen molar-refractivity contribution in [2.24, 2.45) is 5.92 Å². The molecule has 0 amide bonds. The fourth-order valence-corrected chi connectivity index (χ4v) is 4.70. The summed E-state index contributed by atoms with van der Waals surface area (Å²) in [7, 11) is 1.65. The van der Waals surface area contributed by atoms with Crippen LogP contribution in [0.4, 0.5) is 11.6 Å². The minimum Gasteiger partial charge on any atom is -0.478 e. The molecule has 2 saturated heterocycles. The highest BCUT2D eigenvalue weighted by Crippen LogP contribution is 2.37. The molecule has 0 spiro atoms. The monoisotopic (exact) mass is 379 g/mol. The van der Waals surface area contributed by atoms with Crippen LogP contribution in [0.2, 0.25) is 0 Å². The SMILES string of the molecule is COc1nccnc1N1CCC2CCN(c3cc(C)nc4cc(C)nn34)C2C1. The highest BCUT2D eigenvalue weighted by molar-refractivity contribution is 5.55. The molecular formula is C20H25N7O. The predicted octanol–water partition coefficient (Wildman–Crippen LogP) is 2.25. The van der Waals surface area contributed by atoms with E-state index in [1.54, 1.807) is 19.5 Å². The molecule has 0 bridgehead atoms. The number of hydrogen-bond acceptors (Lipinski definition) is 7. The highest BCUT2D eigenvalue weighted by atomic mass is 16.5. The zero-order valence-corrected chi connectivity index (χ0v) is 16.5. The maximum atomic E-state index is 5.45. The Labute approximate surface area is 164 Å². The van der Waals surface area contributed by atoms with Crippen LogP contribution >= 0.6 is 0 Å². The van der Waals surface area contributed by atoms with Gasteiger partial charge in [-0.25, -0.2) is 15.0 Å². The average molecular weight is 379 g/mol. The van der Waals surface area contributed by atoms with Crippen LogP contribution in [-0.4, -0.2) is 57.4 Å². The van der Waals surface area contributed by atoms with Gasteiger partial charge in [0, 0.05) is 49.9 Å². The molecule has 2 aliphatic heterocycles. The van der Waals surface area contributed by atoms with E-state index >= 15 is 0 Å². The number of rotatable bonds is 3. The number of ether oxygens (including phenoxy) is 1. The summed E-state index contributed by atoms with van der Waals surface area (Å²) < 4.78 is 7.44. The second-order valence-electron chi connectivity index (χ2n) is 7.74. The van der Waals surface area contributed by atoms with Crippen LogP contribution in [-0.2, 0) is 0 Å². The van der Waals surface area contributed by atoms with Crippen LogP contribution in [0.15, 0.2) is 24.5 Å². The van der Waals surface area contributed by atoms with Crippen LogP contribution in [0.5, 0.6) is 5.88 Å². The smallest absolute Gasteiger partial charge is 0.257 e. The van der Waals surface area contributed by atoms with Gasteiger partial charge in [-0.15, -0.1) is 0 Å². The lowest BCUT2D eigenvalue weighted by atomic mass is 9.92. The molecule has 0 radical (unpaired) electrons. The van der Waals surface area contributed by atoms with Crippen molar-refractivity contribution in [3.63, 3.8) is 0 Å². The van der Waals surface area contributed by atoms with Crippen LogP contribution in [0.1, 0.15) is 24.2 Å². The number of aryl methyl sites for hydroxylation is 2. The molecule has 2 unspecified atom stereocenters. The number of piperidine rings is 1. The number of aromatic nitrogens is 5. The molecule has 0 saturated carbocycles. The molecule has 5 rings (SSSR count). The Hall–Kier alpha value is -2.90. The van der Waals surface area contributed by atoms with Gasteiger partial charge in [-0.2, -0.15) is 9.61 Å². The van der Waals surface area contributed by atoms with Crippen molar-refractivity contribution in [1.29, 1.82) is 0 Å². The molecule has 0 N–H and O–H groups in total. The average Bonchev–Trinajstić information content (AvgIpc) is 3.29. The Morgan fingerprint density at radius 1 is 1.04 bits per heavy atom. The summed E-state index contributed by atoms with van der Waals surface area (Å²) in [5.41, 5.74) is 2.93. The number of nitrogens with zero attached hydrogens (tertiary/aromatic N) is 7. The molecule has 5 heterocycles. The maximum Gasteiger partial charge on any atom is 0.257 e. The molecule has 2 atom stereocenters. The molecule has 28 heavy (non-hydrogen) atoms. The van der Waals surface area contributed by atoms with E-state index in [0.717, 1.165) is 54.7 Å². The first-order chi connectivity index (χ1) is 13.6. The van der Waals surface area contributed by atoms with Crippen LogP contribution in [0, 0.1) is 19.8 Å². The molecule has 146 valence electrons. The van der Waals surface area contributed by atoms with Gasteiger partial charge >= 0.3 is 0 Å². The first-order valence-electron chi connectivity index (χ1n) is 9.84. The van der Waals surface area contributed by atoms with Gasteiger partial charge in [0.05, 0.1) is 18.8 Å². The Kier molecular flexibility index (Phi) is 4.07. The minimum atomic E-state index is 0.412. The third-order valence-electron chi connectivity index (χ3n) is 5.95. The van der Waals surface area contributed by atoms with E-state index in [1.165, 1.54) is 6.42 Å². The molecule has 2 fully saturated rings. The van der Waals surface area contributed by atoms with Crippen LogP contribution < -0.4 is 14.5 Å². The van der Waals surface area contributed by atoms with Crippen molar-refractivity contribution in [2.75, 3.05) is 36.5 Å². The number of methoxy groups -OCH3 is 1. The van der Waals surface area contributed by atoms with E-state index in [9.17, 15) is 0 Å². The van der Waals surface area contributed by atoms with Gasteiger partial charge in [0.1, 0.15) is 5.82 Å². The van der Waals surface area contributed by atoms with Gasteiger partial charge < -0.3 is 14.5 Å². The first kappa shape index (κ1) is 17.2. The van der Waals surface area contributed by atoms with Crippen molar-refractivity contribution >= 4 is 17.3 Å². The summed E-state index contributed by atoms with van der Waals surface area (Å²) in [6.07, 6.45) is 5.76. The zero-order chi connectivity index (χ0) is 19.3. The molecule has 2 aliphatic rings. The van der Waals surface area contributed by atoms with E-state index in [2.05, 4.69) is 37.7 Å². The van der Waals surface area contributed by atoms with Crippen molar-refractivity contribution in [3.8, 4) is 5.88 Å². The quantitative estimate of drug-likeness (QED) is 0.691. The lowest BCUT2D eigenvalue weighted by Gasteiger charge is -2.39. The largest absolute Gasteiger partial charge is 0.478 e. The molecule has 0 aliphatic carbocycles. The predicted molar refractivity (Wildman–Crippen MR) is 107 cm³/mol. The van der Waals surface area contributed by atoms with Crippen molar-refractivity contribution in [2.45, 2.75) is 32.7 Å². The van der Waals surface area contributed by atoms with Gasteiger partial charge in [0.2, 0.25) is 0 Å². The van der Waals surface area contributed by atoms with Gasteiger partial charge in [0.15, 0.2) is 11.5 Å². The van der Waals surface area contributed by atoms with E-state index in [-0.39, 0.29) is 0 Å². The standard InChI is InChI=1S/C20H25N7O/c1-13-11-18(27-17(23-13)10-14(2)24-27)26-9-5-15-4-8-25(12-16(15)26)19-20(28-3)22-7-6-21-19/h6-7,10-11,15-16H,4-5,8-9,12H2,1-3H3. The molecule has 0 aromatic carbocycles. The second kappa shape index (κ2) is 6.61. The third kappa shape index (κ3) is 2.75. The third-order valence-corrected chi connectivity index (χ3v) is 5.95. The Balaban J connectivity index is 1.50. The normalized spacial score (nSPS) is 22.0. The topological polar surface area (TPSA) is 71.7 Å². The summed E-state index contributed by atoms with van der Waals surface area (Å²) in [4.78, 5) is 18.3. The molecule has 8 nitrogen and oxygen atoms in total. The molecule has 8 heteroatoms. The van der Waals surface area contributed by atoms with Crippen LogP contribution in [0.3, 0.4) is 0 Å². The molecular weight excluding hydrogens is 354 g/mol. The van der Waals surface area contributed by atoms with Gasteiger partial charge in [-0.3, -0.25) is 0 Å². The number of anilines is 2.